The summed E-state index contributed by atoms with van der Waals surface area (Å²) in [6, 6.07) is 103. The van der Waals surface area contributed by atoms with Crippen LogP contribution in [-0.4, -0.2) is 6.71 Å². The summed E-state index contributed by atoms with van der Waals surface area (Å²) in [5, 5.41) is 0. The highest BCUT2D eigenvalue weighted by Crippen LogP contribution is 2.48. The minimum absolute atomic E-state index is 0.0463. The van der Waals surface area contributed by atoms with Gasteiger partial charge < -0.3 is 19.6 Å². The molecule has 334 valence electrons. The van der Waals surface area contributed by atoms with Crippen molar-refractivity contribution in [2.45, 2.75) is 0 Å². The average Bonchev–Trinajstić information content (AvgIpc) is 3.45. The van der Waals surface area contributed by atoms with Gasteiger partial charge in [-0.15, -0.1) is 0 Å². The Balaban J connectivity index is 1.02. The van der Waals surface area contributed by atoms with Crippen molar-refractivity contribution in [3.63, 3.8) is 0 Å². The van der Waals surface area contributed by atoms with Crippen LogP contribution in [0, 0.1) is 0 Å². The first-order valence-electron chi connectivity index (χ1n) is 24.4. The van der Waals surface area contributed by atoms with Crippen LogP contribution in [0.1, 0.15) is 0 Å². The number of rotatable bonds is 10. The molecular formula is C66H47BN4. The van der Waals surface area contributed by atoms with E-state index in [0.717, 1.165) is 67.8 Å². The first kappa shape index (κ1) is 41.8. The SMILES string of the molecule is c1ccc(N(c2ccccc2)c2ccccc2-c2ccc3c(c2)N(c2ccccc2)c2cccc4c2B3c2ccc(-c3ccccc3N(c3ccccc3)c3ccccc3)cc2N4c2ccccc2)cc1. The summed E-state index contributed by atoms with van der Waals surface area (Å²) in [7, 11) is 0. The van der Waals surface area contributed by atoms with E-state index in [1.54, 1.807) is 0 Å². The topological polar surface area (TPSA) is 13.0 Å². The zero-order chi connectivity index (χ0) is 47.1. The third-order valence-corrected chi connectivity index (χ3v) is 14.0. The maximum Gasteiger partial charge on any atom is 0.252 e. The molecule has 0 amide bonds. The lowest BCUT2D eigenvalue weighted by molar-refractivity contribution is 1.25. The van der Waals surface area contributed by atoms with E-state index >= 15 is 0 Å². The number of para-hydroxylation sites is 8. The monoisotopic (exact) mass is 906 g/mol. The Morgan fingerprint density at radius 3 is 0.958 bits per heavy atom. The molecule has 0 radical (unpaired) electrons. The summed E-state index contributed by atoms with van der Waals surface area (Å²) < 4.78 is 0. The zero-order valence-electron chi connectivity index (χ0n) is 39.0. The van der Waals surface area contributed by atoms with Gasteiger partial charge in [0.2, 0.25) is 0 Å². The average molecular weight is 907 g/mol. The van der Waals surface area contributed by atoms with Crippen LogP contribution in [0.3, 0.4) is 0 Å². The van der Waals surface area contributed by atoms with Crippen molar-refractivity contribution < 1.29 is 0 Å². The standard InChI is InChI=1S/C66H47BN4/c1-7-24-50(25-8-1)68(51-26-9-2-10-27-51)60-38-21-19-36-56(60)48-42-44-58-64(46-48)70(54-32-15-5-16-33-54)62-40-23-41-63-66(62)67(58)59-45-43-49(47-65(59)71(63)55-34-17-6-18-35-55)57-37-20-22-39-61(57)69(52-28-11-3-12-29-52)53-30-13-4-14-31-53/h1-47H. The van der Waals surface area contributed by atoms with Crippen LogP contribution < -0.4 is 36.0 Å². The number of hydrogen-bond acceptors (Lipinski definition) is 4. The molecule has 0 bridgehead atoms. The second kappa shape index (κ2) is 18.0. The third kappa shape index (κ3) is 7.34. The fraction of sp³-hybridized carbons (Fsp3) is 0. The number of anilines is 12. The molecule has 0 atom stereocenters. The Kier molecular flexibility index (Phi) is 10.6. The van der Waals surface area contributed by atoms with Crippen LogP contribution in [0.15, 0.2) is 285 Å². The van der Waals surface area contributed by atoms with Crippen molar-refractivity contribution in [3.05, 3.63) is 285 Å². The van der Waals surface area contributed by atoms with Crippen LogP contribution in [0.4, 0.5) is 68.2 Å². The van der Waals surface area contributed by atoms with Crippen molar-refractivity contribution in [2.24, 2.45) is 0 Å². The number of benzene rings is 11. The van der Waals surface area contributed by atoms with Gasteiger partial charge in [-0.05, 0) is 137 Å². The quantitative estimate of drug-likeness (QED) is 0.127. The van der Waals surface area contributed by atoms with Crippen LogP contribution >= 0.6 is 0 Å². The van der Waals surface area contributed by atoms with Crippen molar-refractivity contribution in [2.75, 3.05) is 19.6 Å². The lowest BCUT2D eigenvalue weighted by Gasteiger charge is -2.44. The molecule has 2 aliphatic rings. The van der Waals surface area contributed by atoms with Gasteiger partial charge in [-0.1, -0.05) is 176 Å². The molecule has 11 aromatic carbocycles. The molecule has 0 unspecified atom stereocenters. The van der Waals surface area contributed by atoms with Crippen LogP contribution in [0.2, 0.25) is 0 Å². The summed E-state index contributed by atoms with van der Waals surface area (Å²) >= 11 is 0. The van der Waals surface area contributed by atoms with E-state index in [-0.39, 0.29) is 6.71 Å². The zero-order valence-corrected chi connectivity index (χ0v) is 39.0. The number of nitrogens with zero attached hydrogens (tertiary/aromatic N) is 4. The lowest BCUT2D eigenvalue weighted by Crippen LogP contribution is -2.61. The number of fused-ring (bicyclic) bond motifs is 4. The summed E-state index contributed by atoms with van der Waals surface area (Å²) in [6.45, 7) is -0.0463. The van der Waals surface area contributed by atoms with E-state index in [2.05, 4.69) is 305 Å². The molecule has 5 heteroatoms. The summed E-state index contributed by atoms with van der Waals surface area (Å²) in [5.74, 6) is 0. The van der Waals surface area contributed by atoms with Gasteiger partial charge in [0, 0.05) is 68.0 Å². The molecule has 71 heavy (non-hydrogen) atoms. The molecule has 2 heterocycles. The van der Waals surface area contributed by atoms with Crippen LogP contribution in [0.5, 0.6) is 0 Å². The third-order valence-electron chi connectivity index (χ3n) is 14.0. The van der Waals surface area contributed by atoms with Gasteiger partial charge in [-0.3, -0.25) is 0 Å². The molecule has 0 saturated heterocycles. The van der Waals surface area contributed by atoms with Gasteiger partial charge in [0.25, 0.3) is 6.71 Å². The van der Waals surface area contributed by atoms with Crippen molar-refractivity contribution in [3.8, 4) is 22.3 Å². The van der Waals surface area contributed by atoms with Crippen molar-refractivity contribution in [1.82, 2.24) is 0 Å². The molecule has 4 nitrogen and oxygen atoms in total. The Morgan fingerprint density at radius 1 is 0.268 bits per heavy atom. The smallest absolute Gasteiger partial charge is 0.252 e. The predicted octanol–water partition coefficient (Wildman–Crippen LogP) is 16.0. The second-order valence-electron chi connectivity index (χ2n) is 18.1. The van der Waals surface area contributed by atoms with E-state index in [1.807, 2.05) is 0 Å². The second-order valence-corrected chi connectivity index (χ2v) is 18.1. The van der Waals surface area contributed by atoms with E-state index in [9.17, 15) is 0 Å². The van der Waals surface area contributed by atoms with Gasteiger partial charge in [0.1, 0.15) is 0 Å². The van der Waals surface area contributed by atoms with Crippen molar-refractivity contribution in [1.29, 1.82) is 0 Å². The molecule has 0 aliphatic carbocycles. The minimum atomic E-state index is -0.0463. The Morgan fingerprint density at radius 2 is 0.592 bits per heavy atom. The molecule has 0 saturated carbocycles. The summed E-state index contributed by atoms with van der Waals surface area (Å²) in [4.78, 5) is 9.72. The highest BCUT2D eigenvalue weighted by Gasteiger charge is 2.43. The molecule has 0 N–H and O–H groups in total. The molecular weight excluding hydrogens is 860 g/mol. The lowest BCUT2D eigenvalue weighted by atomic mass is 9.33. The maximum atomic E-state index is 2.49. The fourth-order valence-corrected chi connectivity index (χ4v) is 11.0. The largest absolute Gasteiger partial charge is 0.311 e. The Bertz CT molecular complexity index is 3350. The molecule has 11 aromatic rings. The van der Waals surface area contributed by atoms with Gasteiger partial charge >= 0.3 is 0 Å². The van der Waals surface area contributed by atoms with E-state index in [4.69, 9.17) is 0 Å². The molecule has 13 rings (SSSR count). The highest BCUT2D eigenvalue weighted by molar-refractivity contribution is 7.00. The first-order valence-corrected chi connectivity index (χ1v) is 24.4. The van der Waals surface area contributed by atoms with Crippen LogP contribution in [0.25, 0.3) is 22.3 Å². The van der Waals surface area contributed by atoms with Crippen molar-refractivity contribution >= 4 is 91.3 Å². The normalized spacial score (nSPS) is 12.1. The number of hydrogen-bond donors (Lipinski definition) is 0. The highest BCUT2D eigenvalue weighted by atomic mass is 15.2. The maximum absolute atomic E-state index is 2.49. The minimum Gasteiger partial charge on any atom is -0.311 e. The Labute approximate surface area is 416 Å². The molecule has 2 aliphatic heterocycles. The Hall–Kier alpha value is -9.32. The van der Waals surface area contributed by atoms with Gasteiger partial charge in [0.15, 0.2) is 0 Å². The molecule has 0 aromatic heterocycles. The van der Waals surface area contributed by atoms with Gasteiger partial charge in [-0.2, -0.15) is 0 Å². The summed E-state index contributed by atoms with van der Waals surface area (Å²) in [5.41, 5.74) is 22.0. The molecule has 0 fully saturated rings. The van der Waals surface area contributed by atoms with E-state index in [1.165, 1.54) is 39.1 Å². The van der Waals surface area contributed by atoms with E-state index in [0.29, 0.717) is 0 Å². The van der Waals surface area contributed by atoms with E-state index < -0.39 is 0 Å². The summed E-state index contributed by atoms with van der Waals surface area (Å²) in [6.07, 6.45) is 0. The fourth-order valence-electron chi connectivity index (χ4n) is 11.0. The first-order chi connectivity index (χ1) is 35.3. The van der Waals surface area contributed by atoms with Gasteiger partial charge in [-0.25, -0.2) is 0 Å². The van der Waals surface area contributed by atoms with Gasteiger partial charge in [0.05, 0.1) is 11.4 Å². The molecule has 0 spiro atoms. The predicted molar refractivity (Wildman–Crippen MR) is 301 cm³/mol. The van der Waals surface area contributed by atoms with Crippen LogP contribution in [-0.2, 0) is 0 Å².